The lowest BCUT2D eigenvalue weighted by molar-refractivity contribution is -0.123. The number of nitrogens with zero attached hydrogens (tertiary/aromatic N) is 1. The third kappa shape index (κ3) is 5.21. The van der Waals surface area contributed by atoms with Crippen LogP contribution in [0.2, 0.25) is 0 Å². The summed E-state index contributed by atoms with van der Waals surface area (Å²) in [5.41, 5.74) is 2.85. The summed E-state index contributed by atoms with van der Waals surface area (Å²) in [5.74, 6) is 0.427. The molecule has 1 aliphatic rings. The number of sulfonamides is 1. The molecule has 0 unspecified atom stereocenters. The molecule has 0 spiro atoms. The van der Waals surface area contributed by atoms with Crippen LogP contribution >= 0.6 is 0 Å². The number of fused-ring (bicyclic) bond motifs is 1. The first-order chi connectivity index (χ1) is 14.4. The molecule has 2 atom stereocenters. The van der Waals surface area contributed by atoms with E-state index in [1.54, 1.807) is 12.1 Å². The van der Waals surface area contributed by atoms with Gasteiger partial charge in [-0.3, -0.25) is 9.10 Å². The Bertz CT molecular complexity index is 1060. The second-order valence-corrected chi connectivity index (χ2v) is 10.9. The third-order valence-corrected chi connectivity index (χ3v) is 6.66. The minimum Gasteiger partial charge on any atom is -0.487 e. The number of para-hydroxylation sites is 1. The number of aryl methyl sites for hydroxylation is 2. The van der Waals surface area contributed by atoms with Crippen molar-refractivity contribution in [2.75, 3.05) is 10.6 Å². The van der Waals surface area contributed by atoms with E-state index >= 15 is 0 Å². The minimum absolute atomic E-state index is 0.262. The van der Waals surface area contributed by atoms with E-state index in [4.69, 9.17) is 4.74 Å². The van der Waals surface area contributed by atoms with Crippen LogP contribution in [0.3, 0.4) is 0 Å². The number of ether oxygens (including phenoxy) is 1. The Morgan fingerprint density at radius 2 is 1.81 bits per heavy atom. The summed E-state index contributed by atoms with van der Waals surface area (Å²) in [5, 5.41) is 3.11. The van der Waals surface area contributed by atoms with E-state index in [1.807, 2.05) is 65.0 Å². The Morgan fingerprint density at radius 1 is 1.19 bits per heavy atom. The largest absolute Gasteiger partial charge is 0.487 e. The molecule has 0 aliphatic carbocycles. The normalized spacial score (nSPS) is 18.5. The first-order valence-corrected chi connectivity index (χ1v) is 12.4. The fourth-order valence-electron chi connectivity index (χ4n) is 4.34. The van der Waals surface area contributed by atoms with Gasteiger partial charge < -0.3 is 10.1 Å². The SMILES string of the molecule is CC[C@@H](C(=O)N[C@H]1CC(C)(C)Oc2ccccc21)N(c1cc(C)cc(C)c1)S(C)(=O)=O. The molecule has 0 bridgehead atoms. The second-order valence-electron chi connectivity index (χ2n) is 8.99. The van der Waals surface area contributed by atoms with Gasteiger partial charge in [0.1, 0.15) is 17.4 Å². The average molecular weight is 445 g/mol. The van der Waals surface area contributed by atoms with Crippen molar-refractivity contribution in [3.8, 4) is 5.75 Å². The lowest BCUT2D eigenvalue weighted by atomic mass is 9.89. The molecule has 31 heavy (non-hydrogen) atoms. The Labute approximate surface area is 185 Å². The zero-order chi connectivity index (χ0) is 23.0. The molecule has 1 aliphatic heterocycles. The second kappa shape index (κ2) is 8.54. The summed E-state index contributed by atoms with van der Waals surface area (Å²) < 4.78 is 32.9. The summed E-state index contributed by atoms with van der Waals surface area (Å²) in [4.78, 5) is 13.4. The van der Waals surface area contributed by atoms with Gasteiger partial charge in [0.2, 0.25) is 15.9 Å². The molecule has 1 amide bonds. The first-order valence-electron chi connectivity index (χ1n) is 10.6. The van der Waals surface area contributed by atoms with E-state index in [0.29, 0.717) is 18.5 Å². The van der Waals surface area contributed by atoms with E-state index in [0.717, 1.165) is 28.7 Å². The van der Waals surface area contributed by atoms with Crippen LogP contribution in [0.15, 0.2) is 42.5 Å². The van der Waals surface area contributed by atoms with Gasteiger partial charge in [-0.2, -0.15) is 0 Å². The standard InChI is InChI=1S/C24H32N2O4S/c1-7-21(26(31(6,28)29)18-13-16(2)12-17(3)14-18)23(27)25-20-15-24(4,5)30-22-11-9-8-10-19(20)22/h8-14,20-21H,7,15H2,1-6H3,(H,25,27)/t20-,21-/m0/s1. The van der Waals surface area contributed by atoms with Crippen LogP contribution in [-0.4, -0.2) is 32.2 Å². The van der Waals surface area contributed by atoms with Crippen LogP contribution in [0.4, 0.5) is 5.69 Å². The molecule has 1 N–H and O–H groups in total. The number of anilines is 1. The molecule has 168 valence electrons. The van der Waals surface area contributed by atoms with Crippen LogP contribution in [0.5, 0.6) is 5.75 Å². The van der Waals surface area contributed by atoms with Crippen molar-refractivity contribution in [2.45, 2.75) is 65.1 Å². The van der Waals surface area contributed by atoms with Gasteiger partial charge in [0.05, 0.1) is 18.0 Å². The number of amides is 1. The van der Waals surface area contributed by atoms with Gasteiger partial charge in [-0.25, -0.2) is 8.42 Å². The van der Waals surface area contributed by atoms with Crippen LogP contribution in [0.1, 0.15) is 56.3 Å². The highest BCUT2D eigenvalue weighted by Gasteiger charge is 2.37. The fraction of sp³-hybridized carbons (Fsp3) is 0.458. The van der Waals surface area contributed by atoms with Crippen molar-refractivity contribution in [1.29, 1.82) is 0 Å². The van der Waals surface area contributed by atoms with E-state index < -0.39 is 21.7 Å². The Kier molecular flexibility index (Phi) is 6.37. The molecule has 3 rings (SSSR count). The van der Waals surface area contributed by atoms with Crippen LogP contribution < -0.4 is 14.4 Å². The average Bonchev–Trinajstić information content (AvgIpc) is 2.63. The van der Waals surface area contributed by atoms with Gasteiger partial charge in [0, 0.05) is 12.0 Å². The summed E-state index contributed by atoms with van der Waals surface area (Å²) in [6, 6.07) is 12.1. The van der Waals surface area contributed by atoms with Crippen molar-refractivity contribution in [3.05, 3.63) is 59.2 Å². The van der Waals surface area contributed by atoms with Crippen molar-refractivity contribution < 1.29 is 17.9 Å². The van der Waals surface area contributed by atoms with Crippen molar-refractivity contribution in [3.63, 3.8) is 0 Å². The van der Waals surface area contributed by atoms with Crippen LogP contribution in [-0.2, 0) is 14.8 Å². The van der Waals surface area contributed by atoms with Gasteiger partial charge in [0.25, 0.3) is 0 Å². The molecule has 0 aromatic heterocycles. The maximum Gasteiger partial charge on any atom is 0.244 e. The number of carbonyl (C=O) groups is 1. The lowest BCUT2D eigenvalue weighted by Crippen LogP contribution is -2.51. The van der Waals surface area contributed by atoms with E-state index in [9.17, 15) is 13.2 Å². The molecular weight excluding hydrogens is 412 g/mol. The maximum atomic E-state index is 13.4. The lowest BCUT2D eigenvalue weighted by Gasteiger charge is -2.39. The molecule has 1 heterocycles. The van der Waals surface area contributed by atoms with Gasteiger partial charge >= 0.3 is 0 Å². The van der Waals surface area contributed by atoms with Gasteiger partial charge in [-0.15, -0.1) is 0 Å². The van der Waals surface area contributed by atoms with Crippen molar-refractivity contribution in [1.82, 2.24) is 5.32 Å². The molecule has 0 fully saturated rings. The Balaban J connectivity index is 1.96. The fourth-order valence-corrected chi connectivity index (χ4v) is 5.53. The highest BCUT2D eigenvalue weighted by Crippen LogP contribution is 2.39. The van der Waals surface area contributed by atoms with Crippen LogP contribution in [0, 0.1) is 13.8 Å². The van der Waals surface area contributed by atoms with E-state index in [-0.39, 0.29) is 11.9 Å². The molecule has 2 aromatic carbocycles. The predicted octanol–water partition coefficient (Wildman–Crippen LogP) is 4.27. The monoisotopic (exact) mass is 444 g/mol. The topological polar surface area (TPSA) is 75.7 Å². The van der Waals surface area contributed by atoms with Crippen LogP contribution in [0.25, 0.3) is 0 Å². The first kappa shape index (κ1) is 23.1. The van der Waals surface area contributed by atoms with Crippen molar-refractivity contribution in [2.24, 2.45) is 0 Å². The Morgan fingerprint density at radius 3 is 2.39 bits per heavy atom. The zero-order valence-electron chi connectivity index (χ0n) is 19.1. The molecule has 6 nitrogen and oxygen atoms in total. The summed E-state index contributed by atoms with van der Waals surface area (Å²) in [6.07, 6.45) is 2.09. The highest BCUT2D eigenvalue weighted by molar-refractivity contribution is 7.92. The molecule has 7 heteroatoms. The number of nitrogens with one attached hydrogen (secondary N) is 1. The molecular formula is C24H32N2O4S. The zero-order valence-corrected chi connectivity index (χ0v) is 19.9. The quantitative estimate of drug-likeness (QED) is 0.722. The van der Waals surface area contributed by atoms with Gasteiger partial charge in [-0.05, 0) is 63.4 Å². The van der Waals surface area contributed by atoms with Gasteiger partial charge in [0.15, 0.2) is 0 Å². The van der Waals surface area contributed by atoms with Gasteiger partial charge in [-0.1, -0.05) is 31.2 Å². The summed E-state index contributed by atoms with van der Waals surface area (Å²) >= 11 is 0. The van der Waals surface area contributed by atoms with E-state index in [2.05, 4.69) is 5.32 Å². The number of benzene rings is 2. The van der Waals surface area contributed by atoms with E-state index in [1.165, 1.54) is 4.31 Å². The third-order valence-electron chi connectivity index (χ3n) is 5.48. The number of hydrogen-bond donors (Lipinski definition) is 1. The molecule has 0 radical (unpaired) electrons. The summed E-state index contributed by atoms with van der Waals surface area (Å²) in [7, 11) is -3.68. The Hall–Kier alpha value is -2.54. The number of rotatable bonds is 6. The van der Waals surface area contributed by atoms with Crippen molar-refractivity contribution >= 4 is 21.6 Å². The number of hydrogen-bond acceptors (Lipinski definition) is 4. The molecule has 0 saturated carbocycles. The molecule has 2 aromatic rings. The number of carbonyl (C=O) groups excluding carboxylic acids is 1. The smallest absolute Gasteiger partial charge is 0.244 e. The minimum atomic E-state index is -3.68. The maximum absolute atomic E-state index is 13.4. The highest BCUT2D eigenvalue weighted by atomic mass is 32.2. The summed E-state index contributed by atoms with van der Waals surface area (Å²) in [6.45, 7) is 9.63. The molecule has 0 saturated heterocycles. The predicted molar refractivity (Wildman–Crippen MR) is 124 cm³/mol.